The quantitative estimate of drug-likeness (QED) is 0.326. The minimum absolute atomic E-state index is 0.662. The molecule has 0 spiro atoms. The van der Waals surface area contributed by atoms with Crippen LogP contribution < -0.4 is 0 Å². The summed E-state index contributed by atoms with van der Waals surface area (Å²) in [5, 5.41) is 0. The highest BCUT2D eigenvalue weighted by Crippen LogP contribution is 1.89. The van der Waals surface area contributed by atoms with Crippen LogP contribution >= 0.6 is 0 Å². The topological polar surface area (TPSA) is 9.23 Å². The first-order valence-electron chi connectivity index (χ1n) is 3.87. The molecule has 2 heteroatoms. The van der Waals surface area contributed by atoms with E-state index in [4.69, 9.17) is 4.43 Å². The van der Waals surface area contributed by atoms with E-state index in [9.17, 15) is 0 Å². The molecule has 0 heterocycles. The lowest BCUT2D eigenvalue weighted by Crippen LogP contribution is -1.98. The highest BCUT2D eigenvalue weighted by atomic mass is 28.2. The van der Waals surface area contributed by atoms with Crippen LogP contribution in [0.5, 0.6) is 0 Å². The molecule has 0 aliphatic carbocycles. The Morgan fingerprint density at radius 2 is 2.30 bits per heavy atom. The van der Waals surface area contributed by atoms with Crippen LogP contribution in [0.4, 0.5) is 0 Å². The predicted molar refractivity (Wildman–Crippen MR) is 46.2 cm³/mol. The fourth-order valence-corrected chi connectivity index (χ4v) is 1.25. The maximum atomic E-state index is 5.35. The molecule has 0 aromatic rings. The Labute approximate surface area is 66.4 Å². The fourth-order valence-electron chi connectivity index (χ4n) is 0.514. The Balaban J connectivity index is 2.77. The third-order valence-electron chi connectivity index (χ3n) is 1.14. The van der Waals surface area contributed by atoms with Gasteiger partial charge in [0.15, 0.2) is 0 Å². The van der Waals surface area contributed by atoms with Crippen LogP contribution in [0.15, 0.2) is 12.2 Å². The van der Waals surface area contributed by atoms with E-state index in [-0.39, 0.29) is 0 Å². The number of hydrogen-bond acceptors (Lipinski definition) is 1. The zero-order chi connectivity index (χ0) is 7.66. The molecule has 0 fully saturated rings. The monoisotopic (exact) mass is 156 g/mol. The molecule has 0 unspecified atom stereocenters. The second kappa shape index (κ2) is 8.92. The van der Waals surface area contributed by atoms with Crippen molar-refractivity contribution in [1.29, 1.82) is 0 Å². The maximum Gasteiger partial charge on any atom is 0.233 e. The minimum Gasteiger partial charge on any atom is -0.417 e. The Kier molecular flexibility index (Phi) is 8.84. The molecule has 58 valence electrons. The molecule has 0 aromatic carbocycles. The summed E-state index contributed by atoms with van der Waals surface area (Å²) in [5.41, 5.74) is 0. The molecule has 2 radical (unpaired) electrons. The van der Waals surface area contributed by atoms with Gasteiger partial charge < -0.3 is 4.43 Å². The zero-order valence-corrected chi connectivity index (χ0v) is 7.89. The summed E-state index contributed by atoms with van der Waals surface area (Å²) >= 11 is 0. The van der Waals surface area contributed by atoms with Crippen LogP contribution in [-0.4, -0.2) is 16.4 Å². The zero-order valence-electron chi connectivity index (χ0n) is 6.89. The number of unbranched alkanes of at least 4 members (excludes halogenated alkanes) is 1. The van der Waals surface area contributed by atoms with Gasteiger partial charge in [-0.05, 0) is 19.4 Å². The van der Waals surface area contributed by atoms with Crippen molar-refractivity contribution in [3.8, 4) is 0 Å². The molecule has 0 aliphatic rings. The highest BCUT2D eigenvalue weighted by molar-refractivity contribution is 6.27. The van der Waals surface area contributed by atoms with Crippen molar-refractivity contribution >= 4 is 9.76 Å². The van der Waals surface area contributed by atoms with Gasteiger partial charge in [0.25, 0.3) is 0 Å². The van der Waals surface area contributed by atoms with Gasteiger partial charge in [-0.15, -0.1) is 0 Å². The average Bonchev–Trinajstić information content (AvgIpc) is 1.97. The first-order valence-corrected chi connectivity index (χ1v) is 4.99. The number of rotatable bonds is 6. The summed E-state index contributed by atoms with van der Waals surface area (Å²) in [5.74, 6) is 0. The number of hydrogen-bond donors (Lipinski definition) is 0. The lowest BCUT2D eigenvalue weighted by Gasteiger charge is -1.97. The molecule has 0 rings (SSSR count). The second-order valence-corrected chi connectivity index (χ2v) is 3.11. The predicted octanol–water partition coefficient (Wildman–Crippen LogP) is 2.42. The minimum atomic E-state index is 0.662. The van der Waals surface area contributed by atoms with Crippen molar-refractivity contribution < 1.29 is 4.43 Å². The molecule has 1 nitrogen and oxygen atoms in total. The lowest BCUT2D eigenvalue weighted by molar-refractivity contribution is 0.327. The van der Waals surface area contributed by atoms with Crippen molar-refractivity contribution in [3.63, 3.8) is 0 Å². The van der Waals surface area contributed by atoms with Crippen molar-refractivity contribution in [3.05, 3.63) is 12.2 Å². The third-order valence-corrected chi connectivity index (χ3v) is 1.95. The molecule has 0 aliphatic heterocycles. The van der Waals surface area contributed by atoms with Gasteiger partial charge >= 0.3 is 0 Å². The van der Waals surface area contributed by atoms with Crippen LogP contribution in [0.3, 0.4) is 0 Å². The third kappa shape index (κ3) is 7.92. The Bertz CT molecular complexity index is 81.3. The molecule has 0 bridgehead atoms. The highest BCUT2D eigenvalue weighted by Gasteiger charge is 1.86. The lowest BCUT2D eigenvalue weighted by atomic mass is 10.4. The normalized spacial score (nSPS) is 11.0. The molecule has 10 heavy (non-hydrogen) atoms. The van der Waals surface area contributed by atoms with Crippen LogP contribution in [-0.2, 0) is 4.43 Å². The van der Waals surface area contributed by atoms with Crippen LogP contribution in [0.2, 0.25) is 6.04 Å². The van der Waals surface area contributed by atoms with Crippen LogP contribution in [0.25, 0.3) is 0 Å². The molecule has 0 N–H and O–H groups in total. The van der Waals surface area contributed by atoms with E-state index in [0.29, 0.717) is 9.76 Å². The Morgan fingerprint density at radius 3 is 2.90 bits per heavy atom. The van der Waals surface area contributed by atoms with Crippen molar-refractivity contribution in [2.75, 3.05) is 6.61 Å². The van der Waals surface area contributed by atoms with Gasteiger partial charge in [-0.1, -0.05) is 25.5 Å². The van der Waals surface area contributed by atoms with E-state index in [0.717, 1.165) is 12.7 Å². The van der Waals surface area contributed by atoms with E-state index in [1.54, 1.807) is 0 Å². The van der Waals surface area contributed by atoms with Gasteiger partial charge in [-0.3, -0.25) is 0 Å². The first-order chi connectivity index (χ1) is 4.91. The standard InChI is InChI=1S/C8H16OSi/c1-3-5-7-9-10-8-6-4-2/h4,6H,3,5,7-8H2,1-2H3/b6-4+. The molecule has 0 amide bonds. The van der Waals surface area contributed by atoms with Gasteiger partial charge in [0.05, 0.1) is 0 Å². The van der Waals surface area contributed by atoms with E-state index >= 15 is 0 Å². The largest absolute Gasteiger partial charge is 0.417 e. The fraction of sp³-hybridized carbons (Fsp3) is 0.750. The van der Waals surface area contributed by atoms with Crippen LogP contribution in [0, 0.1) is 0 Å². The smallest absolute Gasteiger partial charge is 0.233 e. The van der Waals surface area contributed by atoms with E-state index in [1.807, 2.05) is 6.92 Å². The molecular formula is C8H16OSi. The van der Waals surface area contributed by atoms with E-state index in [2.05, 4.69) is 19.1 Å². The Morgan fingerprint density at radius 1 is 1.50 bits per heavy atom. The molecule has 0 atom stereocenters. The van der Waals surface area contributed by atoms with Crippen LogP contribution in [0.1, 0.15) is 26.7 Å². The van der Waals surface area contributed by atoms with Gasteiger partial charge in [0.1, 0.15) is 0 Å². The molecule has 0 saturated heterocycles. The maximum absolute atomic E-state index is 5.35. The van der Waals surface area contributed by atoms with Crippen molar-refractivity contribution in [2.45, 2.75) is 32.7 Å². The van der Waals surface area contributed by atoms with Gasteiger partial charge in [-0.2, -0.15) is 0 Å². The summed E-state index contributed by atoms with van der Waals surface area (Å²) in [6.45, 7) is 5.15. The second-order valence-electron chi connectivity index (χ2n) is 2.12. The van der Waals surface area contributed by atoms with Crippen molar-refractivity contribution in [1.82, 2.24) is 0 Å². The Hall–Kier alpha value is -0.0831. The number of allylic oxidation sites excluding steroid dienone is 2. The summed E-state index contributed by atoms with van der Waals surface area (Å²) in [4.78, 5) is 0. The van der Waals surface area contributed by atoms with E-state index < -0.39 is 0 Å². The van der Waals surface area contributed by atoms with Crippen molar-refractivity contribution in [2.24, 2.45) is 0 Å². The molecule has 0 aromatic heterocycles. The summed E-state index contributed by atoms with van der Waals surface area (Å²) < 4.78 is 5.35. The molecular weight excluding hydrogens is 140 g/mol. The van der Waals surface area contributed by atoms with Gasteiger partial charge in [0, 0.05) is 6.61 Å². The summed E-state index contributed by atoms with van der Waals surface area (Å²) in [6, 6.07) is 1.08. The summed E-state index contributed by atoms with van der Waals surface area (Å²) in [6.07, 6.45) is 6.64. The van der Waals surface area contributed by atoms with Gasteiger partial charge in [-0.25, -0.2) is 0 Å². The molecule has 0 saturated carbocycles. The van der Waals surface area contributed by atoms with E-state index in [1.165, 1.54) is 12.8 Å². The first kappa shape index (κ1) is 9.92. The average molecular weight is 156 g/mol. The van der Waals surface area contributed by atoms with Gasteiger partial charge in [0.2, 0.25) is 9.76 Å². The summed E-state index contributed by atoms with van der Waals surface area (Å²) in [7, 11) is 0.662. The SMILES string of the molecule is C/C=C/C[Si]OCCCC.